The molecule has 0 atom stereocenters. The van der Waals surface area contributed by atoms with Crippen LogP contribution in [0.15, 0.2) is 24.3 Å². The number of aryl methyl sites for hydroxylation is 3. The lowest BCUT2D eigenvalue weighted by Gasteiger charge is -2.09. The van der Waals surface area contributed by atoms with Crippen molar-refractivity contribution in [2.75, 3.05) is 0 Å². The van der Waals surface area contributed by atoms with Gasteiger partial charge >= 0.3 is 0 Å². The maximum Gasteiger partial charge on any atom is 0.217 e. The van der Waals surface area contributed by atoms with Crippen LogP contribution in [-0.2, 0) is 17.6 Å². The zero-order chi connectivity index (χ0) is 13.1. The SMILES string of the molecule is CCc1cccc2c(C)cc(CCC(N)=O)nc12. The third kappa shape index (κ3) is 2.50. The summed E-state index contributed by atoms with van der Waals surface area (Å²) in [4.78, 5) is 15.5. The number of fused-ring (bicyclic) bond motifs is 1. The first kappa shape index (κ1) is 12.6. The van der Waals surface area contributed by atoms with E-state index in [-0.39, 0.29) is 5.91 Å². The van der Waals surface area contributed by atoms with Crippen molar-refractivity contribution in [2.45, 2.75) is 33.1 Å². The summed E-state index contributed by atoms with van der Waals surface area (Å²) in [5.41, 5.74) is 9.63. The van der Waals surface area contributed by atoms with E-state index in [4.69, 9.17) is 5.73 Å². The molecule has 0 radical (unpaired) electrons. The molecule has 0 aliphatic heterocycles. The molecule has 1 aromatic carbocycles. The van der Waals surface area contributed by atoms with E-state index in [0.717, 1.165) is 17.6 Å². The number of pyridine rings is 1. The van der Waals surface area contributed by atoms with Crippen LogP contribution in [0.1, 0.15) is 30.2 Å². The number of rotatable bonds is 4. The fourth-order valence-electron chi connectivity index (χ4n) is 2.21. The van der Waals surface area contributed by atoms with Gasteiger partial charge in [0, 0.05) is 17.5 Å². The van der Waals surface area contributed by atoms with Gasteiger partial charge in [-0.2, -0.15) is 0 Å². The van der Waals surface area contributed by atoms with Crippen molar-refractivity contribution >= 4 is 16.8 Å². The highest BCUT2D eigenvalue weighted by atomic mass is 16.1. The van der Waals surface area contributed by atoms with E-state index in [1.165, 1.54) is 16.5 Å². The predicted molar refractivity (Wildman–Crippen MR) is 73.4 cm³/mol. The molecule has 0 saturated heterocycles. The molecule has 0 spiro atoms. The number of benzene rings is 1. The first-order valence-electron chi connectivity index (χ1n) is 6.28. The second-order valence-corrected chi connectivity index (χ2v) is 4.56. The second kappa shape index (κ2) is 5.17. The maximum atomic E-state index is 10.8. The summed E-state index contributed by atoms with van der Waals surface area (Å²) in [5, 5.41) is 1.19. The third-order valence-electron chi connectivity index (χ3n) is 3.19. The molecule has 1 amide bonds. The van der Waals surface area contributed by atoms with Crippen LogP contribution >= 0.6 is 0 Å². The lowest BCUT2D eigenvalue weighted by atomic mass is 10.0. The fraction of sp³-hybridized carbons (Fsp3) is 0.333. The van der Waals surface area contributed by atoms with E-state index in [9.17, 15) is 4.79 Å². The Kier molecular flexibility index (Phi) is 3.60. The number of nitrogens with zero attached hydrogens (tertiary/aromatic N) is 1. The molecular formula is C15H18N2O. The molecule has 2 rings (SSSR count). The van der Waals surface area contributed by atoms with Gasteiger partial charge in [0.1, 0.15) is 0 Å². The zero-order valence-electron chi connectivity index (χ0n) is 10.9. The molecule has 0 fully saturated rings. The molecule has 94 valence electrons. The normalized spacial score (nSPS) is 10.8. The Morgan fingerprint density at radius 1 is 1.39 bits per heavy atom. The summed E-state index contributed by atoms with van der Waals surface area (Å²) in [6, 6.07) is 8.31. The minimum Gasteiger partial charge on any atom is -0.370 e. The highest BCUT2D eigenvalue weighted by Crippen LogP contribution is 2.22. The van der Waals surface area contributed by atoms with Crippen LogP contribution in [0.3, 0.4) is 0 Å². The lowest BCUT2D eigenvalue weighted by molar-refractivity contribution is -0.118. The zero-order valence-corrected chi connectivity index (χ0v) is 10.9. The van der Waals surface area contributed by atoms with E-state index in [2.05, 4.69) is 37.0 Å². The molecule has 0 aliphatic carbocycles. The number of carbonyl (C=O) groups excluding carboxylic acids is 1. The molecule has 0 aliphatic rings. The van der Waals surface area contributed by atoms with Crippen LogP contribution in [0.4, 0.5) is 0 Å². The summed E-state index contributed by atoms with van der Waals surface area (Å²) in [7, 11) is 0. The summed E-state index contributed by atoms with van der Waals surface area (Å²) >= 11 is 0. The van der Waals surface area contributed by atoms with Gasteiger partial charge in [0.15, 0.2) is 0 Å². The van der Waals surface area contributed by atoms with Crippen LogP contribution in [0.5, 0.6) is 0 Å². The van der Waals surface area contributed by atoms with E-state index in [1.54, 1.807) is 0 Å². The van der Waals surface area contributed by atoms with Gasteiger partial charge in [0.2, 0.25) is 5.91 Å². The van der Waals surface area contributed by atoms with Crippen molar-refractivity contribution in [1.82, 2.24) is 4.98 Å². The summed E-state index contributed by atoms with van der Waals surface area (Å²) in [6.07, 6.45) is 1.93. The molecule has 1 aromatic heterocycles. The van der Waals surface area contributed by atoms with Crippen LogP contribution in [0, 0.1) is 6.92 Å². The maximum absolute atomic E-state index is 10.8. The highest BCUT2D eigenvalue weighted by molar-refractivity contribution is 5.85. The van der Waals surface area contributed by atoms with Gasteiger partial charge in [-0.3, -0.25) is 9.78 Å². The van der Waals surface area contributed by atoms with Crippen LogP contribution in [0.25, 0.3) is 10.9 Å². The summed E-state index contributed by atoms with van der Waals surface area (Å²) in [5.74, 6) is -0.279. The lowest BCUT2D eigenvalue weighted by Crippen LogP contribution is -2.11. The van der Waals surface area contributed by atoms with Gasteiger partial charge in [0.05, 0.1) is 5.52 Å². The molecule has 0 saturated carbocycles. The van der Waals surface area contributed by atoms with Crippen molar-refractivity contribution in [1.29, 1.82) is 0 Å². The Morgan fingerprint density at radius 2 is 2.17 bits per heavy atom. The average molecular weight is 242 g/mol. The molecule has 3 nitrogen and oxygen atoms in total. The molecule has 2 N–H and O–H groups in total. The smallest absolute Gasteiger partial charge is 0.217 e. The van der Waals surface area contributed by atoms with Crippen molar-refractivity contribution in [3.05, 3.63) is 41.1 Å². The molecular weight excluding hydrogens is 224 g/mol. The number of primary amides is 1. The van der Waals surface area contributed by atoms with Gasteiger partial charge in [0.25, 0.3) is 0 Å². The van der Waals surface area contributed by atoms with Gasteiger partial charge in [-0.25, -0.2) is 0 Å². The number of amides is 1. The Morgan fingerprint density at radius 3 is 2.83 bits per heavy atom. The Hall–Kier alpha value is -1.90. The average Bonchev–Trinajstić information content (AvgIpc) is 2.36. The molecule has 0 unspecified atom stereocenters. The van der Waals surface area contributed by atoms with Gasteiger partial charge in [-0.15, -0.1) is 0 Å². The van der Waals surface area contributed by atoms with E-state index < -0.39 is 0 Å². The number of carbonyl (C=O) groups is 1. The van der Waals surface area contributed by atoms with Crippen molar-refractivity contribution in [2.24, 2.45) is 5.73 Å². The minimum atomic E-state index is -0.279. The van der Waals surface area contributed by atoms with Crippen molar-refractivity contribution < 1.29 is 4.79 Å². The molecule has 2 aromatic rings. The summed E-state index contributed by atoms with van der Waals surface area (Å²) < 4.78 is 0. The van der Waals surface area contributed by atoms with Gasteiger partial charge in [-0.05, 0) is 37.0 Å². The Bertz CT molecular complexity index is 590. The quantitative estimate of drug-likeness (QED) is 0.895. The molecule has 0 bridgehead atoms. The van der Waals surface area contributed by atoms with Crippen LogP contribution in [-0.4, -0.2) is 10.9 Å². The number of hydrogen-bond acceptors (Lipinski definition) is 2. The molecule has 18 heavy (non-hydrogen) atoms. The van der Waals surface area contributed by atoms with Crippen LogP contribution < -0.4 is 5.73 Å². The largest absolute Gasteiger partial charge is 0.370 e. The predicted octanol–water partition coefficient (Wildman–Crippen LogP) is 2.52. The Labute approximate surface area is 107 Å². The second-order valence-electron chi connectivity index (χ2n) is 4.56. The Balaban J connectivity index is 2.49. The standard InChI is InChI=1S/C15H18N2O/c1-3-11-5-4-6-13-10(2)9-12(17-15(11)13)7-8-14(16)18/h4-6,9H,3,7-8H2,1-2H3,(H2,16,18). The first-order valence-corrected chi connectivity index (χ1v) is 6.28. The first-order chi connectivity index (χ1) is 8.61. The minimum absolute atomic E-state index is 0.279. The molecule has 3 heteroatoms. The highest BCUT2D eigenvalue weighted by Gasteiger charge is 2.07. The van der Waals surface area contributed by atoms with Gasteiger partial charge in [-0.1, -0.05) is 25.1 Å². The van der Waals surface area contributed by atoms with Crippen molar-refractivity contribution in [3.63, 3.8) is 0 Å². The third-order valence-corrected chi connectivity index (χ3v) is 3.19. The van der Waals surface area contributed by atoms with Gasteiger partial charge < -0.3 is 5.73 Å². The number of hydrogen-bond donors (Lipinski definition) is 1. The van der Waals surface area contributed by atoms with E-state index >= 15 is 0 Å². The fourth-order valence-corrected chi connectivity index (χ4v) is 2.21. The number of nitrogens with two attached hydrogens (primary N) is 1. The summed E-state index contributed by atoms with van der Waals surface area (Å²) in [6.45, 7) is 4.21. The monoisotopic (exact) mass is 242 g/mol. The number of aromatic nitrogens is 1. The topological polar surface area (TPSA) is 56.0 Å². The molecule has 1 heterocycles. The number of para-hydroxylation sites is 1. The van der Waals surface area contributed by atoms with E-state index in [0.29, 0.717) is 12.8 Å². The van der Waals surface area contributed by atoms with E-state index in [1.807, 2.05) is 6.07 Å². The van der Waals surface area contributed by atoms with Crippen molar-refractivity contribution in [3.8, 4) is 0 Å². The van der Waals surface area contributed by atoms with Crippen LogP contribution in [0.2, 0.25) is 0 Å².